The molecule has 2 N–H and O–H groups in total. The molecule has 0 aromatic heterocycles. The Morgan fingerprint density at radius 2 is 1.80 bits per heavy atom. The van der Waals surface area contributed by atoms with Gasteiger partial charge in [0.15, 0.2) is 0 Å². The Bertz CT molecular complexity index is 387. The number of benzene rings is 1. The smallest absolute Gasteiger partial charge is 0.391 e. The van der Waals surface area contributed by atoms with E-state index in [-0.39, 0.29) is 0 Å². The SMILES string of the molecule is Cc1ccc(C(=O)OP(O)O)c(C)c1C. The third-order valence-corrected chi connectivity index (χ3v) is 2.77. The van der Waals surface area contributed by atoms with E-state index in [4.69, 9.17) is 9.79 Å². The Kier molecular flexibility index (Phi) is 3.80. The van der Waals surface area contributed by atoms with Crippen LogP contribution in [0.1, 0.15) is 27.0 Å². The van der Waals surface area contributed by atoms with Gasteiger partial charge in [-0.3, -0.25) is 0 Å². The number of hydrogen-bond donors (Lipinski definition) is 2. The summed E-state index contributed by atoms with van der Waals surface area (Å²) in [6, 6.07) is 3.43. The van der Waals surface area contributed by atoms with E-state index in [1.807, 2.05) is 13.8 Å². The van der Waals surface area contributed by atoms with Crippen LogP contribution in [0.5, 0.6) is 0 Å². The maximum Gasteiger partial charge on any atom is 0.394 e. The number of carbonyl (C=O) groups is 1. The molecule has 0 heterocycles. The highest BCUT2D eigenvalue weighted by Gasteiger charge is 2.16. The first-order chi connectivity index (χ1) is 6.93. The Hall–Kier alpha value is -0.960. The van der Waals surface area contributed by atoms with Gasteiger partial charge in [0.1, 0.15) is 0 Å². The van der Waals surface area contributed by atoms with E-state index < -0.39 is 14.6 Å². The number of hydrogen-bond acceptors (Lipinski definition) is 4. The first kappa shape index (κ1) is 12.1. The van der Waals surface area contributed by atoms with Crippen molar-refractivity contribution in [2.24, 2.45) is 0 Å². The van der Waals surface area contributed by atoms with E-state index in [1.54, 1.807) is 19.1 Å². The average Bonchev–Trinajstić information content (AvgIpc) is 2.13. The molecule has 0 unspecified atom stereocenters. The molecule has 0 bridgehead atoms. The van der Waals surface area contributed by atoms with Crippen molar-refractivity contribution in [2.75, 3.05) is 0 Å². The van der Waals surface area contributed by atoms with Crippen LogP contribution in [0.4, 0.5) is 0 Å². The molecule has 0 saturated heterocycles. The van der Waals surface area contributed by atoms with Gasteiger partial charge in [-0.1, -0.05) is 6.07 Å². The zero-order chi connectivity index (χ0) is 11.6. The summed E-state index contributed by atoms with van der Waals surface area (Å²) in [7, 11) is -2.64. The summed E-state index contributed by atoms with van der Waals surface area (Å²) in [5.74, 6) is -0.702. The molecule has 0 aliphatic heterocycles. The summed E-state index contributed by atoms with van der Waals surface area (Å²) >= 11 is 0. The quantitative estimate of drug-likeness (QED) is 0.759. The van der Waals surface area contributed by atoms with Gasteiger partial charge in [0.05, 0.1) is 5.56 Å². The standard InChI is InChI=1S/C10H13O4P/c1-6-4-5-9(8(3)7(6)2)10(11)14-15(12)13/h4-5,12-13H,1-3H3. The van der Waals surface area contributed by atoms with Crippen LogP contribution in [0.15, 0.2) is 12.1 Å². The van der Waals surface area contributed by atoms with Crippen LogP contribution in [0, 0.1) is 20.8 Å². The van der Waals surface area contributed by atoms with Crippen molar-refractivity contribution < 1.29 is 19.1 Å². The second kappa shape index (κ2) is 4.71. The number of carbonyl (C=O) groups excluding carboxylic acids is 1. The van der Waals surface area contributed by atoms with Gasteiger partial charge in [-0.15, -0.1) is 0 Å². The first-order valence-electron chi connectivity index (χ1n) is 4.40. The predicted molar refractivity (Wildman–Crippen MR) is 57.4 cm³/mol. The van der Waals surface area contributed by atoms with Crippen molar-refractivity contribution in [1.82, 2.24) is 0 Å². The Morgan fingerprint density at radius 3 is 2.33 bits per heavy atom. The van der Waals surface area contributed by atoms with E-state index in [2.05, 4.69) is 4.52 Å². The molecule has 5 heteroatoms. The molecular formula is C10H13O4P. The lowest BCUT2D eigenvalue weighted by atomic mass is 9.99. The highest BCUT2D eigenvalue weighted by atomic mass is 31.2. The molecule has 0 aliphatic rings. The summed E-state index contributed by atoms with van der Waals surface area (Å²) in [6.07, 6.45) is 0. The van der Waals surface area contributed by atoms with Crippen LogP contribution in [0.2, 0.25) is 0 Å². The minimum absolute atomic E-state index is 0.369. The topological polar surface area (TPSA) is 66.8 Å². The molecule has 1 aromatic rings. The van der Waals surface area contributed by atoms with Crippen molar-refractivity contribution >= 4 is 14.6 Å². The average molecular weight is 228 g/mol. The van der Waals surface area contributed by atoms with Crippen LogP contribution in [0.3, 0.4) is 0 Å². The van der Waals surface area contributed by atoms with Crippen LogP contribution in [-0.4, -0.2) is 15.8 Å². The lowest BCUT2D eigenvalue weighted by Crippen LogP contribution is -2.05. The second-order valence-corrected chi connectivity index (χ2v) is 4.00. The van der Waals surface area contributed by atoms with Gasteiger partial charge in [0.2, 0.25) is 0 Å². The third-order valence-electron chi connectivity index (χ3n) is 2.44. The maximum absolute atomic E-state index is 11.4. The molecular weight excluding hydrogens is 215 g/mol. The fourth-order valence-electron chi connectivity index (χ4n) is 1.30. The van der Waals surface area contributed by atoms with Crippen LogP contribution in [-0.2, 0) is 4.52 Å². The van der Waals surface area contributed by atoms with Gasteiger partial charge < -0.3 is 14.3 Å². The molecule has 0 amide bonds. The van der Waals surface area contributed by atoms with E-state index in [0.29, 0.717) is 5.56 Å². The molecule has 0 fully saturated rings. The molecule has 0 spiro atoms. The minimum Gasteiger partial charge on any atom is -0.391 e. The maximum atomic E-state index is 11.4. The van der Waals surface area contributed by atoms with Crippen molar-refractivity contribution in [3.63, 3.8) is 0 Å². The lowest BCUT2D eigenvalue weighted by Gasteiger charge is -2.10. The van der Waals surface area contributed by atoms with Crippen LogP contribution < -0.4 is 0 Å². The van der Waals surface area contributed by atoms with E-state index in [1.165, 1.54) is 0 Å². The molecule has 0 radical (unpaired) electrons. The molecule has 0 atom stereocenters. The van der Waals surface area contributed by atoms with E-state index in [9.17, 15) is 4.79 Å². The van der Waals surface area contributed by atoms with E-state index in [0.717, 1.165) is 16.7 Å². The van der Waals surface area contributed by atoms with Crippen molar-refractivity contribution in [1.29, 1.82) is 0 Å². The van der Waals surface area contributed by atoms with Crippen LogP contribution >= 0.6 is 8.60 Å². The summed E-state index contributed by atoms with van der Waals surface area (Å²) in [5.41, 5.74) is 3.26. The van der Waals surface area contributed by atoms with Gasteiger partial charge in [0.25, 0.3) is 0 Å². The van der Waals surface area contributed by atoms with Crippen molar-refractivity contribution in [3.8, 4) is 0 Å². The minimum atomic E-state index is -2.64. The molecule has 0 aliphatic carbocycles. The summed E-state index contributed by atoms with van der Waals surface area (Å²) < 4.78 is 4.35. The molecule has 1 rings (SSSR count). The van der Waals surface area contributed by atoms with Gasteiger partial charge in [-0.25, -0.2) is 4.79 Å². The van der Waals surface area contributed by atoms with Gasteiger partial charge in [0, 0.05) is 0 Å². The second-order valence-electron chi connectivity index (χ2n) is 3.31. The van der Waals surface area contributed by atoms with Gasteiger partial charge >= 0.3 is 14.6 Å². The third kappa shape index (κ3) is 2.75. The Morgan fingerprint density at radius 1 is 1.20 bits per heavy atom. The fourth-order valence-corrected chi connectivity index (χ4v) is 1.55. The lowest BCUT2D eigenvalue weighted by molar-refractivity contribution is 0.0714. The Labute approximate surface area is 89.5 Å². The van der Waals surface area contributed by atoms with Gasteiger partial charge in [-0.05, 0) is 43.5 Å². The van der Waals surface area contributed by atoms with Crippen LogP contribution in [0.25, 0.3) is 0 Å². The Balaban J connectivity index is 3.06. The highest BCUT2D eigenvalue weighted by Crippen LogP contribution is 2.28. The van der Waals surface area contributed by atoms with Gasteiger partial charge in [-0.2, -0.15) is 0 Å². The summed E-state index contributed by atoms with van der Waals surface area (Å²) in [5, 5.41) is 0. The normalized spacial score (nSPS) is 10.5. The largest absolute Gasteiger partial charge is 0.394 e. The predicted octanol–water partition coefficient (Wildman–Crippen LogP) is 1.98. The summed E-state index contributed by atoms with van der Waals surface area (Å²) in [6.45, 7) is 5.65. The molecule has 1 aromatic carbocycles. The monoisotopic (exact) mass is 228 g/mol. The van der Waals surface area contributed by atoms with E-state index >= 15 is 0 Å². The summed E-state index contributed by atoms with van der Waals surface area (Å²) in [4.78, 5) is 28.6. The first-order valence-corrected chi connectivity index (χ1v) is 5.57. The molecule has 4 nitrogen and oxygen atoms in total. The number of aryl methyl sites for hydroxylation is 1. The van der Waals surface area contributed by atoms with Crippen molar-refractivity contribution in [2.45, 2.75) is 20.8 Å². The highest BCUT2D eigenvalue weighted by molar-refractivity contribution is 7.40. The fraction of sp³-hybridized carbons (Fsp3) is 0.300. The molecule has 15 heavy (non-hydrogen) atoms. The zero-order valence-corrected chi connectivity index (χ0v) is 9.71. The molecule has 82 valence electrons. The zero-order valence-electron chi connectivity index (χ0n) is 8.81. The molecule has 0 saturated carbocycles. The number of rotatable bonds is 2. The van der Waals surface area contributed by atoms with Crippen molar-refractivity contribution in [3.05, 3.63) is 34.4 Å².